The van der Waals surface area contributed by atoms with Crippen LogP contribution in [0.15, 0.2) is 30.4 Å². The van der Waals surface area contributed by atoms with Crippen molar-refractivity contribution in [3.05, 3.63) is 41.5 Å². The minimum absolute atomic E-state index is 0.00172. The molecule has 0 aliphatic heterocycles. The molecule has 4 atom stereocenters. The van der Waals surface area contributed by atoms with Gasteiger partial charge in [0.05, 0.1) is 11.8 Å². The normalized spacial score (nSPS) is 29.6. The van der Waals surface area contributed by atoms with Gasteiger partial charge in [-0.2, -0.15) is 0 Å². The zero-order valence-electron chi connectivity index (χ0n) is 12.2. The molecule has 2 N–H and O–H groups in total. The van der Waals surface area contributed by atoms with Crippen molar-refractivity contribution in [3.8, 4) is 0 Å². The Morgan fingerprint density at radius 3 is 2.48 bits per heavy atom. The van der Waals surface area contributed by atoms with Gasteiger partial charge in [0.25, 0.3) is 0 Å². The SMILES string of the molecule is Cc1cccc(NC(=O)[C@H]2[C@@H](C(=O)O)[C@@H]3C=C[C@H]2C3)c1C. The minimum Gasteiger partial charge on any atom is -0.481 e. The maximum absolute atomic E-state index is 12.6. The second-order valence-corrected chi connectivity index (χ2v) is 6.07. The van der Waals surface area contributed by atoms with Gasteiger partial charge in [-0.15, -0.1) is 0 Å². The van der Waals surface area contributed by atoms with Crippen LogP contribution in [0.2, 0.25) is 0 Å². The van der Waals surface area contributed by atoms with E-state index < -0.39 is 17.8 Å². The van der Waals surface area contributed by atoms with Gasteiger partial charge in [0, 0.05) is 5.69 Å². The number of hydrogen-bond donors (Lipinski definition) is 2. The number of fused-ring (bicyclic) bond motifs is 2. The molecule has 1 aromatic rings. The van der Waals surface area contributed by atoms with Crippen LogP contribution in [0.25, 0.3) is 0 Å². The van der Waals surface area contributed by atoms with Crippen molar-refractivity contribution in [1.82, 2.24) is 0 Å². The van der Waals surface area contributed by atoms with Crippen LogP contribution in [-0.4, -0.2) is 17.0 Å². The van der Waals surface area contributed by atoms with Crippen LogP contribution in [0.3, 0.4) is 0 Å². The summed E-state index contributed by atoms with van der Waals surface area (Å²) >= 11 is 0. The van der Waals surface area contributed by atoms with Crippen molar-refractivity contribution in [2.45, 2.75) is 20.3 Å². The van der Waals surface area contributed by atoms with Crippen LogP contribution < -0.4 is 5.32 Å². The first-order valence-electron chi connectivity index (χ1n) is 7.27. The molecule has 1 aromatic carbocycles. The molecule has 0 radical (unpaired) electrons. The third kappa shape index (κ3) is 2.24. The first-order chi connectivity index (χ1) is 9.99. The maximum atomic E-state index is 12.6. The molecule has 1 saturated carbocycles. The lowest BCUT2D eigenvalue weighted by atomic mass is 9.82. The Balaban J connectivity index is 1.84. The molecule has 2 aliphatic rings. The summed E-state index contributed by atoms with van der Waals surface area (Å²) in [5, 5.41) is 12.3. The van der Waals surface area contributed by atoms with Gasteiger partial charge in [0.2, 0.25) is 5.91 Å². The Kier molecular flexibility index (Phi) is 3.32. The van der Waals surface area contributed by atoms with Crippen molar-refractivity contribution in [1.29, 1.82) is 0 Å². The third-order valence-corrected chi connectivity index (χ3v) is 4.91. The number of amides is 1. The van der Waals surface area contributed by atoms with Crippen LogP contribution in [0.4, 0.5) is 5.69 Å². The average Bonchev–Trinajstić information content (AvgIpc) is 3.04. The molecule has 2 bridgehead atoms. The lowest BCUT2D eigenvalue weighted by Crippen LogP contribution is -2.36. The van der Waals surface area contributed by atoms with Gasteiger partial charge in [-0.3, -0.25) is 9.59 Å². The molecule has 0 heterocycles. The molecule has 1 amide bonds. The smallest absolute Gasteiger partial charge is 0.307 e. The summed E-state index contributed by atoms with van der Waals surface area (Å²) in [6.45, 7) is 3.95. The Morgan fingerprint density at radius 1 is 1.14 bits per heavy atom. The summed E-state index contributed by atoms with van der Waals surface area (Å²) < 4.78 is 0. The highest BCUT2D eigenvalue weighted by molar-refractivity contribution is 5.97. The summed E-state index contributed by atoms with van der Waals surface area (Å²) in [4.78, 5) is 24.0. The van der Waals surface area contributed by atoms with E-state index in [4.69, 9.17) is 0 Å². The fourth-order valence-corrected chi connectivity index (χ4v) is 3.62. The number of carboxylic acids is 1. The zero-order chi connectivity index (χ0) is 15.1. The first-order valence-corrected chi connectivity index (χ1v) is 7.27. The Bertz CT molecular complexity index is 635. The summed E-state index contributed by atoms with van der Waals surface area (Å²) in [5.74, 6) is -2.04. The van der Waals surface area contributed by atoms with Gasteiger partial charge in [-0.25, -0.2) is 0 Å². The van der Waals surface area contributed by atoms with E-state index in [-0.39, 0.29) is 17.7 Å². The van der Waals surface area contributed by atoms with Crippen LogP contribution in [0.5, 0.6) is 0 Å². The number of hydrogen-bond acceptors (Lipinski definition) is 2. The van der Waals surface area contributed by atoms with Crippen LogP contribution in [0.1, 0.15) is 17.5 Å². The monoisotopic (exact) mass is 285 g/mol. The Morgan fingerprint density at radius 2 is 1.81 bits per heavy atom. The molecule has 4 heteroatoms. The van der Waals surface area contributed by atoms with Crippen molar-refractivity contribution in [2.75, 3.05) is 5.32 Å². The zero-order valence-corrected chi connectivity index (χ0v) is 12.2. The molecule has 21 heavy (non-hydrogen) atoms. The summed E-state index contributed by atoms with van der Waals surface area (Å²) in [6, 6.07) is 5.75. The second kappa shape index (κ2) is 5.02. The van der Waals surface area contributed by atoms with E-state index in [0.29, 0.717) is 0 Å². The minimum atomic E-state index is -0.868. The van der Waals surface area contributed by atoms with Crippen molar-refractivity contribution in [3.63, 3.8) is 0 Å². The number of nitrogens with one attached hydrogen (secondary N) is 1. The number of carbonyl (C=O) groups excluding carboxylic acids is 1. The first kappa shape index (κ1) is 13.9. The van der Waals surface area contributed by atoms with Gasteiger partial charge in [-0.05, 0) is 49.3 Å². The van der Waals surface area contributed by atoms with E-state index in [1.54, 1.807) is 0 Å². The largest absolute Gasteiger partial charge is 0.481 e. The molecule has 110 valence electrons. The van der Waals surface area contributed by atoms with Crippen molar-refractivity contribution in [2.24, 2.45) is 23.7 Å². The Hall–Kier alpha value is -2.10. The summed E-state index contributed by atoms with van der Waals surface area (Å²) in [5.41, 5.74) is 2.91. The second-order valence-electron chi connectivity index (χ2n) is 6.07. The average molecular weight is 285 g/mol. The third-order valence-electron chi connectivity index (χ3n) is 4.91. The number of benzene rings is 1. The van der Waals surface area contributed by atoms with Gasteiger partial charge < -0.3 is 10.4 Å². The van der Waals surface area contributed by atoms with Crippen LogP contribution in [-0.2, 0) is 9.59 Å². The van der Waals surface area contributed by atoms with E-state index >= 15 is 0 Å². The number of anilines is 1. The Labute approximate surface area is 123 Å². The van der Waals surface area contributed by atoms with Gasteiger partial charge >= 0.3 is 5.97 Å². The van der Waals surface area contributed by atoms with E-state index in [0.717, 1.165) is 23.2 Å². The molecule has 0 saturated heterocycles. The van der Waals surface area contributed by atoms with Crippen LogP contribution >= 0.6 is 0 Å². The topological polar surface area (TPSA) is 66.4 Å². The highest BCUT2D eigenvalue weighted by Crippen LogP contribution is 2.48. The van der Waals surface area contributed by atoms with E-state index in [2.05, 4.69) is 5.32 Å². The quantitative estimate of drug-likeness (QED) is 0.839. The molecular formula is C17H19NO3. The van der Waals surface area contributed by atoms with Gasteiger partial charge in [0.1, 0.15) is 0 Å². The number of carbonyl (C=O) groups is 2. The molecule has 3 rings (SSSR count). The van der Waals surface area contributed by atoms with Crippen molar-refractivity contribution >= 4 is 17.6 Å². The highest BCUT2D eigenvalue weighted by atomic mass is 16.4. The van der Waals surface area contributed by atoms with Gasteiger partial charge in [-0.1, -0.05) is 24.3 Å². The fraction of sp³-hybridized carbons (Fsp3) is 0.412. The standard InChI is InChI=1S/C17H19NO3/c1-9-4-3-5-13(10(9)2)18-16(19)14-11-6-7-12(8-11)15(14)17(20)21/h3-7,11-12,14-15H,8H2,1-2H3,(H,18,19)(H,20,21)/t11-,12+,14+,15-/m0/s1. The van der Waals surface area contributed by atoms with Gasteiger partial charge in [0.15, 0.2) is 0 Å². The van der Waals surface area contributed by atoms with Crippen molar-refractivity contribution < 1.29 is 14.7 Å². The molecule has 4 nitrogen and oxygen atoms in total. The molecule has 0 aromatic heterocycles. The van der Waals surface area contributed by atoms with E-state index in [9.17, 15) is 14.7 Å². The number of aryl methyl sites for hydroxylation is 1. The van der Waals surface area contributed by atoms with E-state index in [1.165, 1.54) is 0 Å². The molecule has 1 fully saturated rings. The number of rotatable bonds is 3. The predicted octanol–water partition coefficient (Wildman–Crippen LogP) is 2.76. The molecule has 0 spiro atoms. The fourth-order valence-electron chi connectivity index (χ4n) is 3.62. The lowest BCUT2D eigenvalue weighted by Gasteiger charge is -2.24. The maximum Gasteiger partial charge on any atom is 0.307 e. The summed E-state index contributed by atoms with van der Waals surface area (Å²) in [6.07, 6.45) is 4.73. The number of carboxylic acid groups (broad SMARTS) is 1. The number of aliphatic carboxylic acids is 1. The highest BCUT2D eigenvalue weighted by Gasteiger charge is 2.51. The molecule has 2 aliphatic carbocycles. The predicted molar refractivity (Wildman–Crippen MR) is 79.9 cm³/mol. The van der Waals surface area contributed by atoms with E-state index in [1.807, 2.05) is 44.2 Å². The summed E-state index contributed by atoms with van der Waals surface area (Å²) in [7, 11) is 0. The van der Waals surface area contributed by atoms with Crippen LogP contribution in [0, 0.1) is 37.5 Å². The molecule has 0 unspecified atom stereocenters. The molecular weight excluding hydrogens is 266 g/mol. The number of allylic oxidation sites excluding steroid dienone is 2. The lowest BCUT2D eigenvalue weighted by molar-refractivity contribution is -0.146.